The van der Waals surface area contributed by atoms with E-state index >= 15 is 0 Å². The third kappa shape index (κ3) is 1.00. The number of nitrogens with zero attached hydrogens (tertiary/aromatic N) is 1. The Balaban J connectivity index is 2.63. The summed E-state index contributed by atoms with van der Waals surface area (Å²) < 4.78 is 30.5. The quantitative estimate of drug-likeness (QED) is 0.588. The molecule has 0 spiro atoms. The first kappa shape index (κ1) is 7.35. The van der Waals surface area contributed by atoms with Crippen molar-refractivity contribution in [3.05, 3.63) is 18.0 Å². The second-order valence-corrected chi connectivity index (χ2v) is 3.45. The van der Waals surface area contributed by atoms with Crippen molar-refractivity contribution in [3.8, 4) is 11.5 Å². The molecule has 64 valence electrons. The molecule has 0 saturated carbocycles. The van der Waals surface area contributed by atoms with E-state index in [1.807, 2.05) is 0 Å². The van der Waals surface area contributed by atoms with E-state index in [9.17, 15) is 8.42 Å². The van der Waals surface area contributed by atoms with Gasteiger partial charge >= 0.3 is 10.4 Å². The zero-order chi connectivity index (χ0) is 8.77. The summed E-state index contributed by atoms with van der Waals surface area (Å²) in [5.41, 5.74) is 0.494. The van der Waals surface area contributed by atoms with Crippen LogP contribution in [0.1, 0.15) is 5.69 Å². The van der Waals surface area contributed by atoms with E-state index in [0.717, 1.165) is 0 Å². The monoisotopic (exact) mass is 187 g/mol. The average Bonchev–Trinajstić information content (AvgIpc) is 2.25. The first-order valence-corrected chi connectivity index (χ1v) is 4.51. The van der Waals surface area contributed by atoms with Crippen molar-refractivity contribution in [2.75, 3.05) is 0 Å². The van der Waals surface area contributed by atoms with Gasteiger partial charge in [-0.3, -0.25) is 4.98 Å². The van der Waals surface area contributed by atoms with E-state index in [2.05, 4.69) is 13.4 Å². The summed E-state index contributed by atoms with van der Waals surface area (Å²) in [4.78, 5) is 3.85. The number of aryl methyl sites for hydroxylation is 1. The van der Waals surface area contributed by atoms with Crippen molar-refractivity contribution in [1.29, 1.82) is 0 Å². The van der Waals surface area contributed by atoms with Crippen molar-refractivity contribution in [3.63, 3.8) is 0 Å². The molecule has 0 aliphatic carbocycles. The molecule has 0 saturated heterocycles. The Morgan fingerprint density at radius 1 is 1.42 bits per heavy atom. The highest BCUT2D eigenvalue weighted by Gasteiger charge is 2.29. The van der Waals surface area contributed by atoms with Crippen LogP contribution in [0.3, 0.4) is 0 Å². The van der Waals surface area contributed by atoms with Gasteiger partial charge in [0.25, 0.3) is 0 Å². The van der Waals surface area contributed by atoms with E-state index in [0.29, 0.717) is 5.69 Å². The Morgan fingerprint density at radius 2 is 2.17 bits per heavy atom. The first-order chi connectivity index (χ1) is 5.58. The summed E-state index contributed by atoms with van der Waals surface area (Å²) in [6, 6.07) is 1.44. The fraction of sp³-hybridized carbons (Fsp3) is 0.167. The van der Waals surface area contributed by atoms with Crippen LogP contribution in [0.5, 0.6) is 11.5 Å². The number of aromatic nitrogens is 1. The van der Waals surface area contributed by atoms with Gasteiger partial charge in [0.05, 0.1) is 5.69 Å². The molecule has 1 aromatic heterocycles. The van der Waals surface area contributed by atoms with Crippen LogP contribution in [0.2, 0.25) is 0 Å². The molecule has 0 aromatic carbocycles. The molecule has 2 rings (SSSR count). The molecule has 0 radical (unpaired) electrons. The topological polar surface area (TPSA) is 65.5 Å². The van der Waals surface area contributed by atoms with Crippen LogP contribution in [-0.2, 0) is 10.4 Å². The molecule has 0 unspecified atom stereocenters. The van der Waals surface area contributed by atoms with Gasteiger partial charge in [-0.05, 0) is 6.92 Å². The van der Waals surface area contributed by atoms with Gasteiger partial charge in [-0.1, -0.05) is 0 Å². The molecule has 12 heavy (non-hydrogen) atoms. The molecule has 0 atom stereocenters. The van der Waals surface area contributed by atoms with Gasteiger partial charge in [-0.2, -0.15) is 0 Å². The van der Waals surface area contributed by atoms with Crippen LogP contribution in [0.4, 0.5) is 0 Å². The SMILES string of the molecule is Cc1nccc2c1OS(=O)(=O)O2. The minimum atomic E-state index is -3.87. The lowest BCUT2D eigenvalue weighted by Crippen LogP contribution is -2.08. The summed E-state index contributed by atoms with van der Waals surface area (Å²) in [5.74, 6) is 0.375. The first-order valence-electron chi connectivity index (χ1n) is 3.18. The van der Waals surface area contributed by atoms with E-state index in [1.165, 1.54) is 12.3 Å². The lowest BCUT2D eigenvalue weighted by Gasteiger charge is -1.93. The van der Waals surface area contributed by atoms with Gasteiger partial charge in [-0.25, -0.2) is 0 Å². The average molecular weight is 187 g/mol. The van der Waals surface area contributed by atoms with Gasteiger partial charge in [0.15, 0.2) is 5.75 Å². The second kappa shape index (κ2) is 2.10. The number of rotatable bonds is 0. The van der Waals surface area contributed by atoms with E-state index in [4.69, 9.17) is 0 Å². The molecule has 0 amide bonds. The van der Waals surface area contributed by atoms with E-state index in [-0.39, 0.29) is 11.5 Å². The standard InChI is InChI=1S/C6H5NO4S/c1-4-6-5(2-3-7-4)10-12(8,9)11-6/h2-3H,1H3. The molecular formula is C6H5NO4S. The van der Waals surface area contributed by atoms with Crippen LogP contribution in [0.25, 0.3) is 0 Å². The van der Waals surface area contributed by atoms with Crippen molar-refractivity contribution in [1.82, 2.24) is 4.98 Å². The van der Waals surface area contributed by atoms with Crippen LogP contribution in [-0.4, -0.2) is 13.4 Å². The number of hydrogen-bond acceptors (Lipinski definition) is 5. The van der Waals surface area contributed by atoms with Gasteiger partial charge in [0, 0.05) is 12.3 Å². The Hall–Kier alpha value is -1.30. The predicted octanol–water partition coefficient (Wildman–Crippen LogP) is 0.406. The maximum absolute atomic E-state index is 10.8. The van der Waals surface area contributed by atoms with Crippen LogP contribution >= 0.6 is 0 Å². The largest absolute Gasteiger partial charge is 0.501 e. The predicted molar refractivity (Wildman–Crippen MR) is 39.1 cm³/mol. The summed E-state index contributed by atoms with van der Waals surface area (Å²) in [5, 5.41) is 0. The Kier molecular flexibility index (Phi) is 1.29. The lowest BCUT2D eigenvalue weighted by atomic mass is 10.3. The van der Waals surface area contributed by atoms with E-state index < -0.39 is 10.4 Å². The van der Waals surface area contributed by atoms with Crippen LogP contribution in [0.15, 0.2) is 12.3 Å². The minimum Gasteiger partial charge on any atom is -0.349 e. The maximum Gasteiger partial charge on any atom is 0.501 e. The lowest BCUT2D eigenvalue weighted by molar-refractivity contribution is 0.436. The van der Waals surface area contributed by atoms with Gasteiger partial charge in [0.1, 0.15) is 0 Å². The molecular weight excluding hydrogens is 182 g/mol. The highest BCUT2D eigenvalue weighted by molar-refractivity contribution is 7.82. The van der Waals surface area contributed by atoms with Crippen molar-refractivity contribution < 1.29 is 16.8 Å². The van der Waals surface area contributed by atoms with Gasteiger partial charge in [-0.15, -0.1) is 8.42 Å². The zero-order valence-electron chi connectivity index (χ0n) is 6.14. The fourth-order valence-corrected chi connectivity index (χ4v) is 1.72. The molecule has 1 aromatic rings. The molecule has 6 heteroatoms. The smallest absolute Gasteiger partial charge is 0.349 e. The number of fused-ring (bicyclic) bond motifs is 1. The molecule has 0 N–H and O–H groups in total. The molecule has 0 bridgehead atoms. The molecule has 5 nitrogen and oxygen atoms in total. The molecule has 1 aliphatic rings. The second-order valence-electron chi connectivity index (χ2n) is 2.30. The normalized spacial score (nSPS) is 17.8. The summed E-state index contributed by atoms with van der Waals surface area (Å²) in [6.45, 7) is 1.64. The van der Waals surface area contributed by atoms with Crippen LogP contribution in [0, 0.1) is 6.92 Å². The highest BCUT2D eigenvalue weighted by Crippen LogP contribution is 2.36. The Bertz CT molecular complexity index is 425. The van der Waals surface area contributed by atoms with Crippen LogP contribution < -0.4 is 8.37 Å². The Morgan fingerprint density at radius 3 is 2.83 bits per heavy atom. The third-order valence-electron chi connectivity index (χ3n) is 1.42. The van der Waals surface area contributed by atoms with Crippen molar-refractivity contribution >= 4 is 10.4 Å². The fourth-order valence-electron chi connectivity index (χ4n) is 0.925. The summed E-state index contributed by atoms with van der Waals surface area (Å²) in [6.07, 6.45) is 1.46. The van der Waals surface area contributed by atoms with Crippen molar-refractivity contribution in [2.24, 2.45) is 0 Å². The molecule has 2 heterocycles. The number of pyridine rings is 1. The maximum atomic E-state index is 10.8. The summed E-state index contributed by atoms with van der Waals surface area (Å²) >= 11 is 0. The minimum absolute atomic E-state index is 0.178. The van der Waals surface area contributed by atoms with Gasteiger partial charge < -0.3 is 8.37 Å². The van der Waals surface area contributed by atoms with Crippen molar-refractivity contribution in [2.45, 2.75) is 6.92 Å². The summed E-state index contributed by atoms with van der Waals surface area (Å²) in [7, 11) is -3.87. The highest BCUT2D eigenvalue weighted by atomic mass is 32.3. The number of hydrogen-bond donors (Lipinski definition) is 0. The zero-order valence-corrected chi connectivity index (χ0v) is 6.96. The Labute approximate surface area is 69.3 Å². The molecule has 1 aliphatic heterocycles. The molecule has 0 fully saturated rings. The van der Waals surface area contributed by atoms with Gasteiger partial charge in [0.2, 0.25) is 5.75 Å². The van der Waals surface area contributed by atoms with E-state index in [1.54, 1.807) is 6.92 Å². The third-order valence-corrected chi connectivity index (χ3v) is 2.18.